The molecule has 0 saturated heterocycles. The molecular formula is C12H12Cl2FN3. The smallest absolute Gasteiger partial charge is 0.126 e. The van der Waals surface area contributed by atoms with Gasteiger partial charge in [-0.25, -0.2) is 4.39 Å². The number of nitrogens with zero attached hydrogens (tertiary/aromatic N) is 2. The number of nitrogens with one attached hydrogen (secondary N) is 1. The SMILES string of the molecule is Cc1cc(CNc2c(Cl)cc(F)cc2Cl)n(C)n1. The van der Waals surface area contributed by atoms with Crippen LogP contribution >= 0.6 is 23.2 Å². The van der Waals surface area contributed by atoms with Crippen LogP contribution in [0.2, 0.25) is 10.0 Å². The molecule has 6 heteroatoms. The lowest BCUT2D eigenvalue weighted by Gasteiger charge is -2.10. The Bertz CT molecular complexity index is 558. The zero-order valence-corrected chi connectivity index (χ0v) is 11.5. The molecule has 1 aromatic carbocycles. The highest BCUT2D eigenvalue weighted by atomic mass is 35.5. The van der Waals surface area contributed by atoms with Crippen molar-refractivity contribution in [2.24, 2.45) is 7.05 Å². The summed E-state index contributed by atoms with van der Waals surface area (Å²) in [6.45, 7) is 2.43. The van der Waals surface area contributed by atoms with Crippen molar-refractivity contribution in [3.8, 4) is 0 Å². The van der Waals surface area contributed by atoms with E-state index in [1.807, 2.05) is 20.0 Å². The van der Waals surface area contributed by atoms with E-state index in [1.54, 1.807) is 4.68 Å². The summed E-state index contributed by atoms with van der Waals surface area (Å²) in [5, 5.41) is 7.85. The minimum atomic E-state index is -0.452. The Labute approximate surface area is 115 Å². The third-order valence-electron chi connectivity index (χ3n) is 2.55. The molecule has 0 aliphatic heterocycles. The molecule has 0 radical (unpaired) electrons. The average molecular weight is 288 g/mol. The fraction of sp³-hybridized carbons (Fsp3) is 0.250. The van der Waals surface area contributed by atoms with Crippen LogP contribution in [-0.4, -0.2) is 9.78 Å². The van der Waals surface area contributed by atoms with Crippen LogP contribution < -0.4 is 5.32 Å². The molecule has 0 spiro atoms. The van der Waals surface area contributed by atoms with Crippen molar-refractivity contribution >= 4 is 28.9 Å². The van der Waals surface area contributed by atoms with Crippen LogP contribution in [0.25, 0.3) is 0 Å². The van der Waals surface area contributed by atoms with Crippen molar-refractivity contribution in [2.75, 3.05) is 5.32 Å². The molecule has 0 fully saturated rings. The lowest BCUT2D eigenvalue weighted by molar-refractivity contribution is 0.628. The molecule has 0 bridgehead atoms. The van der Waals surface area contributed by atoms with E-state index in [0.29, 0.717) is 12.2 Å². The number of hydrogen-bond donors (Lipinski definition) is 1. The topological polar surface area (TPSA) is 29.9 Å². The summed E-state index contributed by atoms with van der Waals surface area (Å²) in [7, 11) is 1.86. The number of hydrogen-bond acceptors (Lipinski definition) is 2. The molecule has 2 rings (SSSR count). The second-order valence-electron chi connectivity index (χ2n) is 4.00. The first-order chi connectivity index (χ1) is 8.47. The molecular weight excluding hydrogens is 276 g/mol. The molecule has 3 nitrogen and oxygen atoms in total. The van der Waals surface area contributed by atoms with Gasteiger partial charge in [-0.05, 0) is 25.1 Å². The number of aryl methyl sites for hydroxylation is 2. The van der Waals surface area contributed by atoms with Crippen molar-refractivity contribution in [1.82, 2.24) is 9.78 Å². The van der Waals surface area contributed by atoms with Gasteiger partial charge >= 0.3 is 0 Å². The number of anilines is 1. The summed E-state index contributed by atoms with van der Waals surface area (Å²) >= 11 is 11.9. The quantitative estimate of drug-likeness (QED) is 0.931. The Morgan fingerprint density at radius 2 is 1.89 bits per heavy atom. The molecule has 0 aliphatic carbocycles. The summed E-state index contributed by atoms with van der Waals surface area (Å²) in [4.78, 5) is 0. The van der Waals surface area contributed by atoms with Gasteiger partial charge in [0.25, 0.3) is 0 Å². The second kappa shape index (κ2) is 5.16. The maximum absolute atomic E-state index is 13.0. The molecule has 1 aromatic heterocycles. The van der Waals surface area contributed by atoms with Gasteiger partial charge in [0, 0.05) is 7.05 Å². The molecule has 1 N–H and O–H groups in total. The van der Waals surface area contributed by atoms with Crippen molar-refractivity contribution in [3.05, 3.63) is 45.4 Å². The summed E-state index contributed by atoms with van der Waals surface area (Å²) in [6.07, 6.45) is 0. The van der Waals surface area contributed by atoms with Crippen molar-refractivity contribution < 1.29 is 4.39 Å². The first-order valence-electron chi connectivity index (χ1n) is 5.35. The van der Waals surface area contributed by atoms with Crippen LogP contribution in [0.15, 0.2) is 18.2 Å². The average Bonchev–Trinajstić information content (AvgIpc) is 2.55. The highest BCUT2D eigenvalue weighted by Gasteiger charge is 2.09. The lowest BCUT2D eigenvalue weighted by Crippen LogP contribution is -2.06. The fourth-order valence-corrected chi connectivity index (χ4v) is 2.31. The number of halogens is 3. The largest absolute Gasteiger partial charge is 0.377 e. The van der Waals surface area contributed by atoms with Gasteiger partial charge in [0.2, 0.25) is 0 Å². The van der Waals surface area contributed by atoms with E-state index in [2.05, 4.69) is 10.4 Å². The zero-order valence-electron chi connectivity index (χ0n) is 9.97. The van der Waals surface area contributed by atoms with E-state index in [4.69, 9.17) is 23.2 Å². The number of rotatable bonds is 3. The predicted octanol–water partition coefficient (Wildman–Crippen LogP) is 3.79. The minimum absolute atomic E-state index is 0.263. The van der Waals surface area contributed by atoms with Crippen molar-refractivity contribution in [2.45, 2.75) is 13.5 Å². The second-order valence-corrected chi connectivity index (χ2v) is 4.81. The minimum Gasteiger partial charge on any atom is -0.377 e. The van der Waals surface area contributed by atoms with Crippen LogP contribution in [0.4, 0.5) is 10.1 Å². The van der Waals surface area contributed by atoms with E-state index in [0.717, 1.165) is 11.4 Å². The molecule has 0 aliphatic rings. The Morgan fingerprint density at radius 1 is 1.28 bits per heavy atom. The lowest BCUT2D eigenvalue weighted by atomic mass is 10.3. The summed E-state index contributed by atoms with van der Waals surface area (Å²) < 4.78 is 14.8. The Kier molecular flexibility index (Phi) is 3.78. The standard InChI is InChI=1S/C12H12Cl2FN3/c1-7-3-9(18(2)17-7)6-16-12-10(13)4-8(15)5-11(12)14/h3-5,16H,6H2,1-2H3. The van der Waals surface area contributed by atoms with Crippen LogP contribution in [0.3, 0.4) is 0 Å². The van der Waals surface area contributed by atoms with Gasteiger partial charge < -0.3 is 5.32 Å². The monoisotopic (exact) mass is 287 g/mol. The van der Waals surface area contributed by atoms with E-state index < -0.39 is 5.82 Å². The fourth-order valence-electron chi connectivity index (χ4n) is 1.72. The van der Waals surface area contributed by atoms with Crippen molar-refractivity contribution in [3.63, 3.8) is 0 Å². The summed E-state index contributed by atoms with van der Waals surface area (Å²) in [5.41, 5.74) is 2.45. The molecule has 0 saturated carbocycles. The van der Waals surface area contributed by atoms with Gasteiger partial charge in [-0.3, -0.25) is 4.68 Å². The van der Waals surface area contributed by atoms with Gasteiger partial charge in [0.1, 0.15) is 5.82 Å². The van der Waals surface area contributed by atoms with E-state index in [-0.39, 0.29) is 10.0 Å². The van der Waals surface area contributed by atoms with E-state index >= 15 is 0 Å². The third kappa shape index (κ3) is 2.76. The Hall–Kier alpha value is -1.26. The molecule has 18 heavy (non-hydrogen) atoms. The van der Waals surface area contributed by atoms with E-state index in [9.17, 15) is 4.39 Å². The molecule has 2 aromatic rings. The van der Waals surface area contributed by atoms with Gasteiger partial charge in [-0.1, -0.05) is 23.2 Å². The molecule has 0 amide bonds. The normalized spacial score (nSPS) is 10.7. The van der Waals surface area contributed by atoms with Gasteiger partial charge in [-0.15, -0.1) is 0 Å². The van der Waals surface area contributed by atoms with Crippen LogP contribution in [0, 0.1) is 12.7 Å². The molecule has 96 valence electrons. The van der Waals surface area contributed by atoms with E-state index in [1.165, 1.54) is 12.1 Å². The highest BCUT2D eigenvalue weighted by Crippen LogP contribution is 2.31. The molecule has 1 heterocycles. The first kappa shape index (κ1) is 13.2. The van der Waals surface area contributed by atoms with Crippen LogP contribution in [0.5, 0.6) is 0 Å². The molecule has 0 unspecified atom stereocenters. The third-order valence-corrected chi connectivity index (χ3v) is 3.15. The zero-order chi connectivity index (χ0) is 13.3. The van der Waals surface area contributed by atoms with Gasteiger partial charge in [0.05, 0.1) is 33.7 Å². The number of benzene rings is 1. The summed E-state index contributed by atoms with van der Waals surface area (Å²) in [5.74, 6) is -0.452. The number of aromatic nitrogens is 2. The van der Waals surface area contributed by atoms with Crippen molar-refractivity contribution in [1.29, 1.82) is 0 Å². The maximum atomic E-state index is 13.0. The highest BCUT2D eigenvalue weighted by molar-refractivity contribution is 6.39. The first-order valence-corrected chi connectivity index (χ1v) is 6.11. The Balaban J connectivity index is 2.18. The molecule has 0 atom stereocenters. The van der Waals surface area contributed by atoms with Crippen LogP contribution in [0.1, 0.15) is 11.4 Å². The predicted molar refractivity (Wildman–Crippen MR) is 71.7 cm³/mol. The maximum Gasteiger partial charge on any atom is 0.126 e. The summed E-state index contributed by atoms with van der Waals surface area (Å²) in [6, 6.07) is 4.41. The van der Waals surface area contributed by atoms with Gasteiger partial charge in [-0.2, -0.15) is 5.10 Å². The Morgan fingerprint density at radius 3 is 2.39 bits per heavy atom. The van der Waals surface area contributed by atoms with Gasteiger partial charge in [0.15, 0.2) is 0 Å². The van der Waals surface area contributed by atoms with Crippen LogP contribution in [-0.2, 0) is 13.6 Å².